The molecule has 0 bridgehead atoms. The van der Waals surface area contributed by atoms with E-state index in [1.165, 1.54) is 31.4 Å². The van der Waals surface area contributed by atoms with Crippen LogP contribution in [0, 0.1) is 0 Å². The van der Waals surface area contributed by atoms with Crippen molar-refractivity contribution in [3.8, 4) is 0 Å². The predicted molar refractivity (Wildman–Crippen MR) is 122 cm³/mol. The Morgan fingerprint density at radius 1 is 1.06 bits per heavy atom. The largest absolute Gasteiger partial charge is 0.465 e. The molecular weight excluding hydrogens is 414 g/mol. The molecule has 0 aromatic heterocycles. The van der Waals surface area contributed by atoms with Crippen molar-refractivity contribution in [1.82, 2.24) is 5.32 Å². The molecule has 0 saturated carbocycles. The van der Waals surface area contributed by atoms with Gasteiger partial charge in [-0.25, -0.2) is 9.59 Å². The van der Waals surface area contributed by atoms with Gasteiger partial charge in [-0.05, 0) is 51.8 Å². The summed E-state index contributed by atoms with van der Waals surface area (Å²) in [6, 6.07) is 3.35. The van der Waals surface area contributed by atoms with Gasteiger partial charge in [0.15, 0.2) is 0 Å². The first-order valence-corrected chi connectivity index (χ1v) is 10.0. The maximum atomic E-state index is 12.8. The molecule has 0 aliphatic rings. The van der Waals surface area contributed by atoms with Gasteiger partial charge in [0.25, 0.3) is 0 Å². The number of allylic oxidation sites excluding steroid dienone is 1. The molecule has 1 rings (SSSR count). The molecule has 1 atom stereocenters. The number of rotatable bonds is 10. The van der Waals surface area contributed by atoms with E-state index in [0.717, 1.165) is 0 Å². The molecule has 0 aliphatic carbocycles. The van der Waals surface area contributed by atoms with Gasteiger partial charge in [0.1, 0.15) is 11.6 Å². The molecule has 3 amide bonds. The molecule has 32 heavy (non-hydrogen) atoms. The van der Waals surface area contributed by atoms with Crippen molar-refractivity contribution in [2.75, 3.05) is 17.7 Å². The van der Waals surface area contributed by atoms with Gasteiger partial charge in [-0.2, -0.15) is 0 Å². The van der Waals surface area contributed by atoms with Crippen molar-refractivity contribution in [3.63, 3.8) is 0 Å². The van der Waals surface area contributed by atoms with E-state index >= 15 is 0 Å². The van der Waals surface area contributed by atoms with Crippen molar-refractivity contribution in [1.29, 1.82) is 0 Å². The second kappa shape index (κ2) is 12.3. The Hall–Kier alpha value is -3.62. The third kappa shape index (κ3) is 9.03. The lowest BCUT2D eigenvalue weighted by Gasteiger charge is -2.23. The zero-order chi connectivity index (χ0) is 24.3. The summed E-state index contributed by atoms with van der Waals surface area (Å²) in [5.74, 6) is -1.47. The lowest BCUT2D eigenvalue weighted by molar-refractivity contribution is -0.118. The van der Waals surface area contributed by atoms with Crippen molar-refractivity contribution >= 4 is 35.3 Å². The van der Waals surface area contributed by atoms with E-state index < -0.39 is 29.6 Å². The third-order valence-electron chi connectivity index (χ3n) is 3.96. The van der Waals surface area contributed by atoms with Crippen LogP contribution in [-0.2, 0) is 19.1 Å². The monoisotopic (exact) mass is 445 g/mol. The number of methoxy groups -OCH3 is 1. The normalized spacial score (nSPS) is 11.5. The molecule has 0 fully saturated rings. The molecule has 3 N–H and O–H groups in total. The number of hydrogen-bond donors (Lipinski definition) is 3. The molecule has 0 unspecified atom stereocenters. The molecular formula is C23H31N3O6. The number of alkyl carbamates (subject to hydrolysis) is 1. The number of anilines is 2. The maximum Gasteiger partial charge on any atom is 0.408 e. The van der Waals surface area contributed by atoms with E-state index in [1.807, 2.05) is 0 Å². The van der Waals surface area contributed by atoms with Crippen LogP contribution < -0.4 is 16.0 Å². The fourth-order valence-corrected chi connectivity index (χ4v) is 2.52. The second-order valence-corrected chi connectivity index (χ2v) is 7.84. The van der Waals surface area contributed by atoms with Crippen molar-refractivity contribution in [2.45, 2.75) is 51.7 Å². The van der Waals surface area contributed by atoms with Gasteiger partial charge in [0.2, 0.25) is 11.8 Å². The van der Waals surface area contributed by atoms with E-state index in [2.05, 4.69) is 29.1 Å². The minimum absolute atomic E-state index is 0.145. The lowest BCUT2D eigenvalue weighted by atomic mass is 10.1. The fraction of sp³-hybridized carbons (Fsp3) is 0.391. The topological polar surface area (TPSA) is 123 Å². The predicted octanol–water partition coefficient (Wildman–Crippen LogP) is 3.79. The highest BCUT2D eigenvalue weighted by Gasteiger charge is 2.24. The van der Waals surface area contributed by atoms with Crippen LogP contribution in [0.3, 0.4) is 0 Å². The Labute approximate surface area is 188 Å². The van der Waals surface area contributed by atoms with Crippen LogP contribution in [0.5, 0.6) is 0 Å². The van der Waals surface area contributed by atoms with Crippen molar-refractivity contribution in [3.05, 3.63) is 49.1 Å². The number of amides is 3. The van der Waals surface area contributed by atoms with Gasteiger partial charge in [-0.1, -0.05) is 12.2 Å². The van der Waals surface area contributed by atoms with Crippen LogP contribution in [0.4, 0.5) is 16.2 Å². The summed E-state index contributed by atoms with van der Waals surface area (Å²) in [6.45, 7) is 12.3. The quantitative estimate of drug-likeness (QED) is 0.372. The molecule has 1 aromatic carbocycles. The molecule has 0 heterocycles. The Kier molecular flexibility index (Phi) is 10.1. The number of esters is 1. The summed E-state index contributed by atoms with van der Waals surface area (Å²) in [5, 5.41) is 7.84. The summed E-state index contributed by atoms with van der Waals surface area (Å²) >= 11 is 0. The molecule has 1 aromatic rings. The number of hydrogen-bond acceptors (Lipinski definition) is 6. The van der Waals surface area contributed by atoms with Crippen LogP contribution in [0.25, 0.3) is 0 Å². The zero-order valence-electron chi connectivity index (χ0n) is 18.9. The summed E-state index contributed by atoms with van der Waals surface area (Å²) < 4.78 is 9.91. The average Bonchev–Trinajstić information content (AvgIpc) is 2.71. The van der Waals surface area contributed by atoms with Gasteiger partial charge in [0.05, 0.1) is 24.0 Å². The molecule has 0 saturated heterocycles. The summed E-state index contributed by atoms with van der Waals surface area (Å²) in [4.78, 5) is 49.0. The van der Waals surface area contributed by atoms with E-state index in [1.54, 1.807) is 26.8 Å². The van der Waals surface area contributed by atoms with Gasteiger partial charge in [-0.15, -0.1) is 13.2 Å². The number of carbonyl (C=O) groups excluding carboxylic acids is 4. The average molecular weight is 446 g/mol. The highest BCUT2D eigenvalue weighted by atomic mass is 16.6. The van der Waals surface area contributed by atoms with Crippen molar-refractivity contribution in [2.24, 2.45) is 0 Å². The van der Waals surface area contributed by atoms with Crippen LogP contribution >= 0.6 is 0 Å². The van der Waals surface area contributed by atoms with E-state index in [4.69, 9.17) is 9.47 Å². The number of benzene rings is 1. The van der Waals surface area contributed by atoms with E-state index in [9.17, 15) is 19.2 Å². The van der Waals surface area contributed by atoms with Gasteiger partial charge >= 0.3 is 12.1 Å². The van der Waals surface area contributed by atoms with Gasteiger partial charge in [-0.3, -0.25) is 9.59 Å². The van der Waals surface area contributed by atoms with Crippen molar-refractivity contribution < 1.29 is 28.7 Å². The summed E-state index contributed by atoms with van der Waals surface area (Å²) in [7, 11) is 1.24. The first-order valence-electron chi connectivity index (χ1n) is 10.0. The van der Waals surface area contributed by atoms with Crippen LogP contribution in [0.1, 0.15) is 50.4 Å². The minimum Gasteiger partial charge on any atom is -0.465 e. The minimum atomic E-state index is -0.966. The number of carbonyl (C=O) groups is 4. The molecule has 0 radical (unpaired) electrons. The molecule has 174 valence electrons. The molecule has 0 spiro atoms. The lowest BCUT2D eigenvalue weighted by Crippen LogP contribution is -2.45. The Morgan fingerprint density at radius 2 is 1.75 bits per heavy atom. The van der Waals surface area contributed by atoms with Crippen LogP contribution in [-0.4, -0.2) is 42.6 Å². The second-order valence-electron chi connectivity index (χ2n) is 7.84. The summed E-state index contributed by atoms with van der Waals surface area (Å²) in [5.41, 5.74) is -0.0788. The van der Waals surface area contributed by atoms with E-state index in [0.29, 0.717) is 6.42 Å². The maximum absolute atomic E-state index is 12.8. The summed E-state index contributed by atoms with van der Waals surface area (Å²) in [6.07, 6.45) is 3.13. The molecule has 0 aliphatic heterocycles. The Morgan fingerprint density at radius 3 is 2.31 bits per heavy atom. The molecule has 9 heteroatoms. The third-order valence-corrected chi connectivity index (χ3v) is 3.96. The Balaban J connectivity index is 3.11. The molecule has 9 nitrogen and oxygen atoms in total. The van der Waals surface area contributed by atoms with Crippen LogP contribution in [0.2, 0.25) is 0 Å². The first-order chi connectivity index (χ1) is 15.0. The fourth-order valence-electron chi connectivity index (χ4n) is 2.52. The SMILES string of the molecule is C=CCCC(=O)Nc1cc(C(=O)OC)ccc1NC(=O)[C@H](CC=C)NC(=O)OC(C)(C)C. The zero-order valence-corrected chi connectivity index (χ0v) is 18.9. The van der Waals surface area contributed by atoms with Gasteiger partial charge < -0.3 is 25.4 Å². The number of ether oxygens (including phenoxy) is 2. The highest BCUT2D eigenvalue weighted by Crippen LogP contribution is 2.25. The highest BCUT2D eigenvalue weighted by molar-refractivity contribution is 6.03. The Bertz CT molecular complexity index is 873. The first kappa shape index (κ1) is 26.4. The van der Waals surface area contributed by atoms with Crippen LogP contribution in [0.15, 0.2) is 43.5 Å². The number of nitrogens with one attached hydrogen (secondary N) is 3. The van der Waals surface area contributed by atoms with E-state index in [-0.39, 0.29) is 35.7 Å². The van der Waals surface area contributed by atoms with Gasteiger partial charge in [0, 0.05) is 6.42 Å². The smallest absolute Gasteiger partial charge is 0.408 e. The standard InChI is InChI=1S/C23H31N3O6/c1-7-9-11-19(27)24-18-14-15(21(29)31-6)12-13-16(18)25-20(28)17(10-8-2)26-22(30)32-23(3,4)5/h7-8,12-14,17H,1-2,9-11H2,3-6H3,(H,24,27)(H,25,28)(H,26,30)/t17-/m0/s1.